The standard InChI is InChI=1S/C68H41N3/c1-2-18-43-42(17-1)51(33-34-53(43)55-37-38-57(47-22-6-5-21-46(47)55)63-41-69-67-61-29-11-8-24-49(61)50-25-9-12-30-62(50)68(67)70-63)52-35-36-54(45-20-4-3-19-44(45)52)56-39-40-66(58-26-10-7-23-48(56)58)71-64-31-15-13-27-59(64)60-28-14-16-32-65(60)71/h1-41H. The van der Waals surface area contributed by atoms with E-state index in [1.54, 1.807) is 0 Å². The largest absolute Gasteiger partial charge is 0.309 e. The highest BCUT2D eigenvalue weighted by Crippen LogP contribution is 2.46. The van der Waals surface area contributed by atoms with Gasteiger partial charge in [-0.3, -0.25) is 4.98 Å². The lowest BCUT2D eigenvalue weighted by atomic mass is 9.86. The third-order valence-electron chi connectivity index (χ3n) is 15.1. The van der Waals surface area contributed by atoms with Crippen molar-refractivity contribution in [1.82, 2.24) is 14.5 Å². The lowest BCUT2D eigenvalue weighted by molar-refractivity contribution is 1.20. The summed E-state index contributed by atoms with van der Waals surface area (Å²) in [4.78, 5) is 10.5. The number of hydrogen-bond donors (Lipinski definition) is 0. The van der Waals surface area contributed by atoms with Gasteiger partial charge in [0, 0.05) is 32.5 Å². The van der Waals surface area contributed by atoms with Crippen molar-refractivity contribution in [3.63, 3.8) is 0 Å². The van der Waals surface area contributed by atoms with Crippen LogP contribution in [0, 0.1) is 0 Å². The highest BCUT2D eigenvalue weighted by atomic mass is 15.0. The molecule has 0 saturated carbocycles. The first-order chi connectivity index (χ1) is 35.3. The molecule has 2 heterocycles. The van der Waals surface area contributed by atoms with Crippen molar-refractivity contribution >= 4 is 97.5 Å². The molecule has 0 aliphatic heterocycles. The summed E-state index contributed by atoms with van der Waals surface area (Å²) in [6.45, 7) is 0. The van der Waals surface area contributed by atoms with E-state index in [0.717, 1.165) is 38.4 Å². The zero-order valence-corrected chi connectivity index (χ0v) is 38.5. The third-order valence-corrected chi connectivity index (χ3v) is 15.1. The molecule has 0 aliphatic rings. The predicted molar refractivity (Wildman–Crippen MR) is 301 cm³/mol. The van der Waals surface area contributed by atoms with Crippen molar-refractivity contribution in [3.05, 3.63) is 249 Å². The molecule has 0 bridgehead atoms. The average Bonchev–Trinajstić information content (AvgIpc) is 3.78. The van der Waals surface area contributed by atoms with Crippen molar-refractivity contribution in [3.8, 4) is 50.3 Å². The summed E-state index contributed by atoms with van der Waals surface area (Å²) in [6.07, 6.45) is 1.95. The zero-order chi connectivity index (χ0) is 46.6. The fourth-order valence-electron chi connectivity index (χ4n) is 11.9. The topological polar surface area (TPSA) is 30.7 Å². The summed E-state index contributed by atoms with van der Waals surface area (Å²) in [5, 5.41) is 16.8. The van der Waals surface area contributed by atoms with Crippen LogP contribution in [-0.4, -0.2) is 14.5 Å². The smallest absolute Gasteiger partial charge is 0.0979 e. The maximum atomic E-state index is 5.41. The van der Waals surface area contributed by atoms with E-state index in [2.05, 4.69) is 247 Å². The van der Waals surface area contributed by atoms with E-state index < -0.39 is 0 Å². The molecule has 0 unspecified atom stereocenters. The Bertz CT molecular complexity index is 4620. The van der Waals surface area contributed by atoms with Gasteiger partial charge in [-0.1, -0.05) is 224 Å². The monoisotopic (exact) mass is 899 g/mol. The van der Waals surface area contributed by atoms with Gasteiger partial charge in [-0.05, 0) is 100 Å². The molecule has 328 valence electrons. The molecule has 3 heteroatoms. The fraction of sp³-hybridized carbons (Fsp3) is 0. The van der Waals surface area contributed by atoms with E-state index in [4.69, 9.17) is 9.97 Å². The first kappa shape index (κ1) is 39.5. The molecular weight excluding hydrogens is 859 g/mol. The van der Waals surface area contributed by atoms with Crippen LogP contribution in [0.4, 0.5) is 0 Å². The average molecular weight is 900 g/mol. The molecule has 71 heavy (non-hydrogen) atoms. The van der Waals surface area contributed by atoms with E-state index in [0.29, 0.717) is 0 Å². The predicted octanol–water partition coefficient (Wildman–Crippen LogP) is 18.3. The van der Waals surface area contributed by atoms with Crippen molar-refractivity contribution in [1.29, 1.82) is 0 Å². The number of hydrogen-bond acceptors (Lipinski definition) is 2. The number of fused-ring (bicyclic) bond motifs is 13. The molecule has 15 aromatic rings. The summed E-state index contributed by atoms with van der Waals surface area (Å²) in [6, 6.07) is 88.6. The summed E-state index contributed by atoms with van der Waals surface area (Å²) in [5.74, 6) is 0. The van der Waals surface area contributed by atoms with Crippen LogP contribution in [0.15, 0.2) is 249 Å². The van der Waals surface area contributed by atoms with Crippen LogP contribution in [0.3, 0.4) is 0 Å². The van der Waals surface area contributed by atoms with Crippen LogP contribution in [-0.2, 0) is 0 Å². The zero-order valence-electron chi connectivity index (χ0n) is 38.5. The van der Waals surface area contributed by atoms with Crippen LogP contribution in [0.2, 0.25) is 0 Å². The Morgan fingerprint density at radius 1 is 0.225 bits per heavy atom. The van der Waals surface area contributed by atoms with E-state index in [9.17, 15) is 0 Å². The second-order valence-corrected chi connectivity index (χ2v) is 18.7. The van der Waals surface area contributed by atoms with Gasteiger partial charge in [-0.2, -0.15) is 0 Å². The van der Waals surface area contributed by atoms with Crippen LogP contribution < -0.4 is 0 Å². The normalized spacial score (nSPS) is 11.9. The van der Waals surface area contributed by atoms with Crippen LogP contribution in [0.5, 0.6) is 0 Å². The number of rotatable bonds is 5. The Labute approximate surface area is 409 Å². The highest BCUT2D eigenvalue weighted by Gasteiger charge is 2.20. The highest BCUT2D eigenvalue weighted by molar-refractivity contribution is 6.24. The Kier molecular flexibility index (Phi) is 8.66. The van der Waals surface area contributed by atoms with Gasteiger partial charge >= 0.3 is 0 Å². The van der Waals surface area contributed by atoms with Crippen LogP contribution >= 0.6 is 0 Å². The molecule has 0 fully saturated rings. The van der Waals surface area contributed by atoms with Gasteiger partial charge in [0.2, 0.25) is 0 Å². The molecule has 13 aromatic carbocycles. The molecule has 0 aliphatic carbocycles. The second-order valence-electron chi connectivity index (χ2n) is 18.7. The fourth-order valence-corrected chi connectivity index (χ4v) is 11.9. The van der Waals surface area contributed by atoms with Gasteiger partial charge in [0.25, 0.3) is 0 Å². The van der Waals surface area contributed by atoms with E-state index in [-0.39, 0.29) is 0 Å². The van der Waals surface area contributed by atoms with Gasteiger partial charge < -0.3 is 4.57 Å². The minimum absolute atomic E-state index is 0.864. The Balaban J connectivity index is 0.863. The quantitative estimate of drug-likeness (QED) is 0.161. The Hall–Kier alpha value is -9.44. The molecule has 0 spiro atoms. The van der Waals surface area contributed by atoms with Crippen molar-refractivity contribution in [2.24, 2.45) is 0 Å². The summed E-state index contributed by atoms with van der Waals surface area (Å²) < 4.78 is 2.44. The number of para-hydroxylation sites is 2. The number of benzene rings is 13. The number of nitrogens with zero attached hydrogens (tertiary/aromatic N) is 3. The van der Waals surface area contributed by atoms with Gasteiger partial charge in [-0.15, -0.1) is 0 Å². The Morgan fingerprint density at radius 3 is 0.958 bits per heavy atom. The molecule has 0 N–H and O–H groups in total. The molecule has 0 atom stereocenters. The summed E-state index contributed by atoms with van der Waals surface area (Å²) in [5.41, 5.74) is 14.7. The van der Waals surface area contributed by atoms with Gasteiger partial charge in [-0.25, -0.2) is 4.98 Å². The molecule has 2 aromatic heterocycles. The second kappa shape index (κ2) is 15.5. The third kappa shape index (κ3) is 5.90. The number of aromatic nitrogens is 3. The maximum absolute atomic E-state index is 5.41. The SMILES string of the molecule is c1ccc2c(-c3ccc(-c4ccc(-c5ccc(-n6c7ccccc7c7ccccc76)c6ccccc56)c5ccccc45)c4ccccc34)ccc(-c3cnc4c5ccccc5c5ccccc5c4n3)c2c1. The van der Waals surface area contributed by atoms with Crippen LogP contribution in [0.25, 0.3) is 148 Å². The first-order valence-electron chi connectivity index (χ1n) is 24.4. The van der Waals surface area contributed by atoms with E-state index >= 15 is 0 Å². The molecule has 15 rings (SSSR count). The molecular formula is C68H41N3. The summed E-state index contributed by atoms with van der Waals surface area (Å²) >= 11 is 0. The Morgan fingerprint density at radius 2 is 0.521 bits per heavy atom. The van der Waals surface area contributed by atoms with Crippen molar-refractivity contribution in [2.45, 2.75) is 0 Å². The minimum atomic E-state index is 0.864. The van der Waals surface area contributed by atoms with Gasteiger partial charge in [0.15, 0.2) is 0 Å². The van der Waals surface area contributed by atoms with E-state index in [1.165, 1.54) is 109 Å². The van der Waals surface area contributed by atoms with Crippen molar-refractivity contribution < 1.29 is 0 Å². The molecule has 3 nitrogen and oxygen atoms in total. The lowest BCUT2D eigenvalue weighted by Gasteiger charge is -2.18. The summed E-state index contributed by atoms with van der Waals surface area (Å²) in [7, 11) is 0. The van der Waals surface area contributed by atoms with Crippen LogP contribution in [0.1, 0.15) is 0 Å². The molecule has 0 radical (unpaired) electrons. The lowest BCUT2D eigenvalue weighted by Crippen LogP contribution is -1.96. The first-order valence-corrected chi connectivity index (χ1v) is 24.4. The molecule has 0 amide bonds. The van der Waals surface area contributed by atoms with E-state index in [1.807, 2.05) is 6.20 Å². The van der Waals surface area contributed by atoms with Gasteiger partial charge in [0.05, 0.1) is 39.6 Å². The van der Waals surface area contributed by atoms with Crippen molar-refractivity contribution in [2.75, 3.05) is 0 Å². The maximum Gasteiger partial charge on any atom is 0.0979 e. The van der Waals surface area contributed by atoms with Gasteiger partial charge in [0.1, 0.15) is 0 Å². The minimum Gasteiger partial charge on any atom is -0.309 e. The molecule has 0 saturated heterocycles.